The second-order valence-corrected chi connectivity index (χ2v) is 8.44. The molecule has 0 unspecified atom stereocenters. The van der Waals surface area contributed by atoms with Gasteiger partial charge in [0, 0.05) is 48.5 Å². The molecule has 2 aromatic rings. The van der Waals surface area contributed by atoms with E-state index in [-0.39, 0.29) is 23.6 Å². The molecule has 0 spiro atoms. The highest BCUT2D eigenvalue weighted by molar-refractivity contribution is 7.89. The van der Waals surface area contributed by atoms with Gasteiger partial charge in [0.2, 0.25) is 10.0 Å². The average Bonchev–Trinajstić information content (AvgIpc) is 2.74. The third-order valence-electron chi connectivity index (χ3n) is 3.54. The van der Waals surface area contributed by atoms with Crippen LogP contribution in [0.1, 0.15) is 0 Å². The second-order valence-electron chi connectivity index (χ2n) is 4.81. The third-order valence-corrected chi connectivity index (χ3v) is 6.71. The molecule has 3 rings (SSSR count). The Morgan fingerprint density at radius 1 is 1.24 bits per heavy atom. The molecule has 1 aromatic carbocycles. The van der Waals surface area contributed by atoms with Crippen LogP contribution in [-0.2, 0) is 27.9 Å². The first-order valence-electron chi connectivity index (χ1n) is 6.34. The van der Waals surface area contributed by atoms with Crippen LogP contribution in [0.2, 0.25) is 0 Å². The summed E-state index contributed by atoms with van der Waals surface area (Å²) in [5, 5.41) is 0. The smallest absolute Gasteiger partial charge is 0.408 e. The van der Waals surface area contributed by atoms with Gasteiger partial charge in [-0.05, 0) is 12.1 Å². The van der Waals surface area contributed by atoms with E-state index in [1.807, 2.05) is 0 Å². The predicted molar refractivity (Wildman–Crippen MR) is 78.1 cm³/mol. The molecule has 7 nitrogen and oxygen atoms in total. The lowest BCUT2D eigenvalue weighted by atomic mass is 10.3. The van der Waals surface area contributed by atoms with Crippen LogP contribution in [0, 0.1) is 0 Å². The zero-order chi connectivity index (χ0) is 15.2. The number of nitrogens with zero attached hydrogens (tertiary/aromatic N) is 2. The number of hydrogen-bond donors (Lipinski definition) is 0. The van der Waals surface area contributed by atoms with Crippen molar-refractivity contribution in [3.05, 3.63) is 28.7 Å². The zero-order valence-electron chi connectivity index (χ0n) is 11.3. The van der Waals surface area contributed by atoms with E-state index in [2.05, 4.69) is 0 Å². The first-order valence-corrected chi connectivity index (χ1v) is 9.27. The Bertz CT molecular complexity index is 871. The number of sulfonamides is 1. The van der Waals surface area contributed by atoms with Crippen molar-refractivity contribution < 1.29 is 17.0 Å². The van der Waals surface area contributed by atoms with Gasteiger partial charge in [-0.3, -0.25) is 8.78 Å². The van der Waals surface area contributed by atoms with Crippen molar-refractivity contribution in [1.29, 1.82) is 0 Å². The minimum Gasteiger partial charge on any atom is -0.408 e. The van der Waals surface area contributed by atoms with Crippen molar-refractivity contribution in [2.24, 2.45) is 7.05 Å². The van der Waals surface area contributed by atoms with Gasteiger partial charge in [-0.2, -0.15) is 4.31 Å². The molecule has 0 radical (unpaired) electrons. The summed E-state index contributed by atoms with van der Waals surface area (Å²) >= 11 is 0. The summed E-state index contributed by atoms with van der Waals surface area (Å²) in [6, 6.07) is 4.37. The summed E-state index contributed by atoms with van der Waals surface area (Å²) in [6.45, 7) is 0.484. The highest BCUT2D eigenvalue weighted by Crippen LogP contribution is 2.22. The molecule has 0 aliphatic carbocycles. The van der Waals surface area contributed by atoms with Gasteiger partial charge in [0.15, 0.2) is 5.58 Å². The number of aromatic nitrogens is 1. The molecule has 9 heteroatoms. The largest absolute Gasteiger partial charge is 0.419 e. The zero-order valence-corrected chi connectivity index (χ0v) is 12.9. The van der Waals surface area contributed by atoms with E-state index >= 15 is 0 Å². The molecule has 1 aromatic heterocycles. The molecule has 21 heavy (non-hydrogen) atoms. The lowest BCUT2D eigenvalue weighted by Crippen LogP contribution is -2.41. The van der Waals surface area contributed by atoms with Gasteiger partial charge >= 0.3 is 5.76 Å². The first kappa shape index (κ1) is 14.5. The number of aryl methyl sites for hydroxylation is 1. The molecule has 0 N–H and O–H groups in total. The monoisotopic (exact) mass is 330 g/mol. The fraction of sp³-hybridized carbons (Fsp3) is 0.417. The molecular formula is C12H14N2O5S2. The molecule has 1 fully saturated rings. The fourth-order valence-corrected chi connectivity index (χ4v) is 5.03. The minimum atomic E-state index is -3.65. The molecule has 1 saturated heterocycles. The predicted octanol–water partition coefficient (Wildman–Crippen LogP) is -0.115. The van der Waals surface area contributed by atoms with Crippen molar-refractivity contribution in [2.45, 2.75) is 4.90 Å². The van der Waals surface area contributed by atoms with Gasteiger partial charge in [-0.1, -0.05) is 0 Å². The van der Waals surface area contributed by atoms with Crippen molar-refractivity contribution in [3.8, 4) is 0 Å². The van der Waals surface area contributed by atoms with Crippen LogP contribution in [0.25, 0.3) is 11.1 Å². The van der Waals surface area contributed by atoms with Crippen molar-refractivity contribution in [3.63, 3.8) is 0 Å². The van der Waals surface area contributed by atoms with E-state index in [4.69, 9.17) is 4.42 Å². The van der Waals surface area contributed by atoms with Gasteiger partial charge in [-0.25, -0.2) is 13.2 Å². The maximum Gasteiger partial charge on any atom is 0.419 e. The highest BCUT2D eigenvalue weighted by Gasteiger charge is 2.28. The standard InChI is InChI=1S/C12H14N2O5S2/c1-13-10-3-2-9(8-11(10)19-12(13)15)21(17,18)14-4-6-20(16)7-5-14/h2-3,8H,4-7H2,1H3. The number of benzene rings is 1. The summed E-state index contributed by atoms with van der Waals surface area (Å²) in [5.74, 6) is 0.164. The Morgan fingerprint density at radius 2 is 1.90 bits per heavy atom. The molecule has 1 aliphatic heterocycles. The van der Waals surface area contributed by atoms with Crippen LogP contribution >= 0.6 is 0 Å². The van der Waals surface area contributed by atoms with Gasteiger partial charge in [0.1, 0.15) is 0 Å². The normalized spacial score (nSPS) is 18.3. The molecular weight excluding hydrogens is 316 g/mol. The van der Waals surface area contributed by atoms with E-state index in [1.54, 1.807) is 13.1 Å². The van der Waals surface area contributed by atoms with Crippen LogP contribution in [0.15, 0.2) is 32.3 Å². The topological polar surface area (TPSA) is 89.6 Å². The van der Waals surface area contributed by atoms with Crippen molar-refractivity contribution >= 4 is 31.9 Å². The van der Waals surface area contributed by atoms with Crippen LogP contribution in [0.5, 0.6) is 0 Å². The number of hydrogen-bond acceptors (Lipinski definition) is 5. The maximum absolute atomic E-state index is 12.5. The van der Waals surface area contributed by atoms with Crippen LogP contribution < -0.4 is 5.76 Å². The Balaban J connectivity index is 2.02. The molecule has 1 aliphatic rings. The van der Waals surface area contributed by atoms with E-state index in [0.29, 0.717) is 17.0 Å². The van der Waals surface area contributed by atoms with Crippen LogP contribution in [-0.4, -0.2) is 46.1 Å². The SMILES string of the molecule is Cn1c(=O)oc2cc(S(=O)(=O)N3CCS(=O)CC3)ccc21. The molecule has 0 atom stereocenters. The summed E-state index contributed by atoms with van der Waals surface area (Å²) in [6.07, 6.45) is 0. The van der Waals surface area contributed by atoms with Gasteiger partial charge in [-0.15, -0.1) is 0 Å². The second kappa shape index (κ2) is 5.08. The first-order chi connectivity index (χ1) is 9.89. The molecule has 0 saturated carbocycles. The summed E-state index contributed by atoms with van der Waals surface area (Å²) in [5.41, 5.74) is 0.780. The Kier molecular flexibility index (Phi) is 3.50. The van der Waals surface area contributed by atoms with Crippen LogP contribution in [0.4, 0.5) is 0 Å². The maximum atomic E-state index is 12.5. The van der Waals surface area contributed by atoms with Crippen molar-refractivity contribution in [1.82, 2.24) is 8.87 Å². The summed E-state index contributed by atoms with van der Waals surface area (Å²) < 4.78 is 44.0. The van der Waals surface area contributed by atoms with E-state index in [0.717, 1.165) is 0 Å². The number of rotatable bonds is 2. The molecule has 114 valence electrons. The lowest BCUT2D eigenvalue weighted by molar-refractivity contribution is 0.438. The van der Waals surface area contributed by atoms with E-state index < -0.39 is 26.6 Å². The number of oxazole rings is 1. The van der Waals surface area contributed by atoms with E-state index in [9.17, 15) is 17.4 Å². The Morgan fingerprint density at radius 3 is 2.57 bits per heavy atom. The Hall–Kier alpha value is -1.45. The summed E-state index contributed by atoms with van der Waals surface area (Å²) in [4.78, 5) is 11.5. The molecule has 0 amide bonds. The quantitative estimate of drug-likeness (QED) is 0.766. The lowest BCUT2D eigenvalue weighted by Gasteiger charge is -2.25. The average molecular weight is 330 g/mol. The van der Waals surface area contributed by atoms with E-state index in [1.165, 1.54) is 21.0 Å². The minimum absolute atomic E-state index is 0.0806. The third kappa shape index (κ3) is 2.45. The molecule has 0 bridgehead atoms. The number of fused-ring (bicyclic) bond motifs is 1. The highest BCUT2D eigenvalue weighted by atomic mass is 32.2. The van der Waals surface area contributed by atoms with Gasteiger partial charge in [0.25, 0.3) is 0 Å². The fourth-order valence-electron chi connectivity index (χ4n) is 2.29. The summed E-state index contributed by atoms with van der Waals surface area (Å²) in [7, 11) is -3.04. The molecule has 2 heterocycles. The van der Waals surface area contributed by atoms with Gasteiger partial charge in [0.05, 0.1) is 10.4 Å². The van der Waals surface area contributed by atoms with Crippen molar-refractivity contribution in [2.75, 3.05) is 24.6 Å². The van der Waals surface area contributed by atoms with Crippen LogP contribution in [0.3, 0.4) is 0 Å². The van der Waals surface area contributed by atoms with Gasteiger partial charge < -0.3 is 4.42 Å². The Labute approximate surface area is 123 Å².